The number of hydrogen-bond acceptors (Lipinski definition) is 3. The summed E-state index contributed by atoms with van der Waals surface area (Å²) in [6.07, 6.45) is 4.78. The van der Waals surface area contributed by atoms with Crippen LogP contribution < -0.4 is 10.7 Å². The first-order valence-electron chi connectivity index (χ1n) is 6.57. The van der Waals surface area contributed by atoms with Crippen molar-refractivity contribution in [2.75, 3.05) is 0 Å². The largest absolute Gasteiger partial charge is 0.360 e. The average molecular weight is 282 g/mol. The van der Waals surface area contributed by atoms with Crippen molar-refractivity contribution < 1.29 is 4.79 Å². The smallest absolute Gasteiger partial charge is 0.257 e. The zero-order valence-corrected chi connectivity index (χ0v) is 11.4. The quantitative estimate of drug-likeness (QED) is 0.683. The van der Waals surface area contributed by atoms with Crippen molar-refractivity contribution in [2.45, 2.75) is 13.0 Å². The van der Waals surface area contributed by atoms with E-state index in [1.54, 1.807) is 30.6 Å². The molecular formula is C15H14N4O2. The van der Waals surface area contributed by atoms with Crippen LogP contribution in [-0.4, -0.2) is 21.1 Å². The first kappa shape index (κ1) is 13.1. The summed E-state index contributed by atoms with van der Waals surface area (Å²) in [5.41, 5.74) is 1.38. The molecule has 0 bridgehead atoms. The Hall–Kier alpha value is -2.89. The van der Waals surface area contributed by atoms with Crippen LogP contribution in [0.1, 0.15) is 28.9 Å². The van der Waals surface area contributed by atoms with Gasteiger partial charge in [0, 0.05) is 28.9 Å². The number of carbonyl (C=O) groups excluding carboxylic acids is 1. The molecule has 0 saturated carbocycles. The fourth-order valence-electron chi connectivity index (χ4n) is 2.19. The van der Waals surface area contributed by atoms with Crippen molar-refractivity contribution in [1.29, 1.82) is 0 Å². The van der Waals surface area contributed by atoms with Gasteiger partial charge < -0.3 is 10.3 Å². The lowest BCUT2D eigenvalue weighted by Gasteiger charge is -2.12. The molecule has 1 aromatic carbocycles. The van der Waals surface area contributed by atoms with Gasteiger partial charge in [0.1, 0.15) is 5.56 Å². The van der Waals surface area contributed by atoms with Gasteiger partial charge in [0.2, 0.25) is 5.43 Å². The van der Waals surface area contributed by atoms with Crippen LogP contribution in [0.15, 0.2) is 47.7 Å². The lowest BCUT2D eigenvalue weighted by atomic mass is 10.1. The van der Waals surface area contributed by atoms with Crippen LogP contribution in [0.3, 0.4) is 0 Å². The number of pyridine rings is 1. The van der Waals surface area contributed by atoms with Crippen LogP contribution in [-0.2, 0) is 0 Å². The summed E-state index contributed by atoms with van der Waals surface area (Å²) in [5.74, 6) is -0.407. The van der Waals surface area contributed by atoms with E-state index in [0.29, 0.717) is 10.9 Å². The molecule has 6 nitrogen and oxygen atoms in total. The van der Waals surface area contributed by atoms with Crippen molar-refractivity contribution in [3.05, 3.63) is 64.2 Å². The van der Waals surface area contributed by atoms with Crippen molar-refractivity contribution in [1.82, 2.24) is 20.5 Å². The van der Waals surface area contributed by atoms with Gasteiger partial charge in [-0.05, 0) is 19.1 Å². The van der Waals surface area contributed by atoms with Gasteiger partial charge in [-0.3, -0.25) is 14.7 Å². The second-order valence-corrected chi connectivity index (χ2v) is 4.80. The van der Waals surface area contributed by atoms with E-state index in [1.165, 1.54) is 6.20 Å². The van der Waals surface area contributed by atoms with Crippen LogP contribution in [0.4, 0.5) is 0 Å². The molecule has 1 amide bonds. The van der Waals surface area contributed by atoms with E-state index < -0.39 is 5.91 Å². The third-order valence-corrected chi connectivity index (χ3v) is 3.40. The van der Waals surface area contributed by atoms with Gasteiger partial charge in [0.25, 0.3) is 5.91 Å². The molecule has 0 radical (unpaired) electrons. The predicted molar refractivity (Wildman–Crippen MR) is 79.0 cm³/mol. The van der Waals surface area contributed by atoms with Gasteiger partial charge in [0.15, 0.2) is 0 Å². The van der Waals surface area contributed by atoms with Gasteiger partial charge in [-0.1, -0.05) is 12.1 Å². The van der Waals surface area contributed by atoms with E-state index >= 15 is 0 Å². The maximum atomic E-state index is 12.3. The van der Waals surface area contributed by atoms with E-state index in [1.807, 2.05) is 13.0 Å². The first-order valence-corrected chi connectivity index (χ1v) is 6.57. The van der Waals surface area contributed by atoms with Crippen LogP contribution in [0.5, 0.6) is 0 Å². The Morgan fingerprint density at radius 2 is 2.10 bits per heavy atom. The number of nitrogens with one attached hydrogen (secondary N) is 3. The number of aromatic nitrogens is 3. The number of benzene rings is 1. The lowest BCUT2D eigenvalue weighted by Crippen LogP contribution is -2.30. The molecule has 0 aliphatic heterocycles. The number of rotatable bonds is 3. The minimum Gasteiger partial charge on any atom is -0.360 e. The highest BCUT2D eigenvalue weighted by Crippen LogP contribution is 2.11. The number of amides is 1. The van der Waals surface area contributed by atoms with Crippen molar-refractivity contribution in [3.8, 4) is 0 Å². The van der Waals surface area contributed by atoms with E-state index in [0.717, 1.165) is 5.56 Å². The van der Waals surface area contributed by atoms with E-state index in [2.05, 4.69) is 20.5 Å². The van der Waals surface area contributed by atoms with E-state index in [4.69, 9.17) is 0 Å². The average Bonchev–Trinajstić information content (AvgIpc) is 3.02. The summed E-state index contributed by atoms with van der Waals surface area (Å²) in [4.78, 5) is 27.6. The fourth-order valence-corrected chi connectivity index (χ4v) is 2.19. The maximum Gasteiger partial charge on any atom is 0.257 e. The second kappa shape index (κ2) is 5.24. The number of para-hydroxylation sites is 1. The fraction of sp³-hybridized carbons (Fsp3) is 0.133. The summed E-state index contributed by atoms with van der Waals surface area (Å²) < 4.78 is 0. The van der Waals surface area contributed by atoms with Gasteiger partial charge >= 0.3 is 0 Å². The molecule has 2 aromatic heterocycles. The number of nitrogens with zero attached hydrogens (tertiary/aromatic N) is 1. The molecule has 0 saturated heterocycles. The van der Waals surface area contributed by atoms with Crippen molar-refractivity contribution >= 4 is 16.8 Å². The van der Waals surface area contributed by atoms with Crippen LogP contribution in [0, 0.1) is 0 Å². The minimum atomic E-state index is -0.407. The number of carbonyl (C=O) groups is 1. The Bertz CT molecular complexity index is 836. The zero-order valence-electron chi connectivity index (χ0n) is 11.4. The molecular weight excluding hydrogens is 268 g/mol. The minimum absolute atomic E-state index is 0.101. The molecule has 106 valence electrons. The molecule has 3 N–H and O–H groups in total. The molecule has 1 atom stereocenters. The zero-order chi connectivity index (χ0) is 14.8. The van der Waals surface area contributed by atoms with Crippen LogP contribution in [0.2, 0.25) is 0 Å². The number of H-pyrrole nitrogens is 2. The normalized spacial score (nSPS) is 12.2. The van der Waals surface area contributed by atoms with Gasteiger partial charge in [0.05, 0.1) is 12.2 Å². The number of hydrogen-bond donors (Lipinski definition) is 3. The molecule has 0 spiro atoms. The molecule has 3 aromatic rings. The van der Waals surface area contributed by atoms with Gasteiger partial charge in [-0.25, -0.2) is 0 Å². The molecule has 21 heavy (non-hydrogen) atoms. The summed E-state index contributed by atoms with van der Waals surface area (Å²) in [6, 6.07) is 6.87. The topological polar surface area (TPSA) is 90.6 Å². The lowest BCUT2D eigenvalue weighted by molar-refractivity contribution is 0.0938. The van der Waals surface area contributed by atoms with Crippen LogP contribution in [0.25, 0.3) is 10.9 Å². The molecule has 6 heteroatoms. The predicted octanol–water partition coefficient (Wildman–Crippen LogP) is 1.74. The SMILES string of the molecule is CC(NC(=O)c1c[nH]c2ccccc2c1=O)c1cn[nH]c1. The molecule has 0 aliphatic rings. The monoisotopic (exact) mass is 282 g/mol. The standard InChI is InChI=1S/C15H14N4O2/c1-9(10-6-17-18-7-10)19-15(21)12-8-16-13-5-3-2-4-11(13)14(12)20/h2-9H,1H3,(H,16,20)(H,17,18)(H,19,21). The first-order chi connectivity index (χ1) is 10.2. The van der Waals surface area contributed by atoms with Crippen LogP contribution >= 0.6 is 0 Å². The van der Waals surface area contributed by atoms with E-state index in [9.17, 15) is 9.59 Å². The van der Waals surface area contributed by atoms with Crippen molar-refractivity contribution in [3.63, 3.8) is 0 Å². The molecule has 2 heterocycles. The second-order valence-electron chi connectivity index (χ2n) is 4.80. The maximum absolute atomic E-state index is 12.3. The van der Waals surface area contributed by atoms with Gasteiger partial charge in [-0.15, -0.1) is 0 Å². The summed E-state index contributed by atoms with van der Waals surface area (Å²) in [5, 5.41) is 9.81. The highest BCUT2D eigenvalue weighted by atomic mass is 16.2. The molecule has 0 fully saturated rings. The Kier molecular flexibility index (Phi) is 3.27. The van der Waals surface area contributed by atoms with Crippen molar-refractivity contribution in [2.24, 2.45) is 0 Å². The summed E-state index contributed by atoms with van der Waals surface area (Å²) >= 11 is 0. The third kappa shape index (κ3) is 2.43. The van der Waals surface area contributed by atoms with E-state index in [-0.39, 0.29) is 17.0 Å². The summed E-state index contributed by atoms with van der Waals surface area (Å²) in [7, 11) is 0. The Labute approximate surface area is 120 Å². The Morgan fingerprint density at radius 3 is 2.86 bits per heavy atom. The highest BCUT2D eigenvalue weighted by Gasteiger charge is 2.16. The van der Waals surface area contributed by atoms with Gasteiger partial charge in [-0.2, -0.15) is 5.10 Å². The number of aromatic amines is 2. The summed E-state index contributed by atoms with van der Waals surface area (Å²) in [6.45, 7) is 1.83. The molecule has 0 aliphatic carbocycles. The Morgan fingerprint density at radius 1 is 1.29 bits per heavy atom. The number of fused-ring (bicyclic) bond motifs is 1. The molecule has 3 rings (SSSR count). The molecule has 1 unspecified atom stereocenters. The Balaban J connectivity index is 1.92. The third-order valence-electron chi connectivity index (χ3n) is 3.40. The highest BCUT2D eigenvalue weighted by molar-refractivity contribution is 5.97.